The first-order chi connectivity index (χ1) is 12.4. The number of rotatable bonds is 4. The largest absolute Gasteiger partial charge is 0.494 e. The molecule has 1 aromatic carbocycles. The Bertz CT molecular complexity index is 801. The molecular weight excluding hydrogens is 359 g/mol. The summed E-state index contributed by atoms with van der Waals surface area (Å²) in [6.07, 6.45) is 3.76. The molecule has 3 rings (SSSR count). The summed E-state index contributed by atoms with van der Waals surface area (Å²) in [6.45, 7) is 2.73. The van der Waals surface area contributed by atoms with E-state index in [4.69, 9.17) is 4.74 Å². The van der Waals surface area contributed by atoms with Crippen molar-refractivity contribution in [1.29, 1.82) is 0 Å². The minimum atomic E-state index is -2.87. The molecule has 142 valence electrons. The molecule has 2 aliphatic heterocycles. The van der Waals surface area contributed by atoms with Gasteiger partial charge in [-0.3, -0.25) is 4.79 Å². The highest BCUT2D eigenvalue weighted by Gasteiger charge is 2.37. The Hall–Kier alpha value is -1.93. The molecule has 1 atom stereocenters. The van der Waals surface area contributed by atoms with Crippen LogP contribution in [0.2, 0.25) is 0 Å². The molecule has 2 aliphatic rings. The first kappa shape index (κ1) is 18.8. The standard InChI is InChI=1S/C18H23FN2O4S/c1-25-17-4-2-14(12-16(17)19)3-5-18(22)21-9-7-20(8-10-21)15-6-11-26(23,24)13-15/h2-5,12,15H,6-11,13H2,1H3/p+1/b5-3+/t15-/m0/s1. The number of sulfone groups is 1. The Kier molecular flexibility index (Phi) is 5.62. The summed E-state index contributed by atoms with van der Waals surface area (Å²) in [4.78, 5) is 15.4. The number of carbonyl (C=O) groups is 1. The molecule has 2 saturated heterocycles. The molecule has 0 aromatic heterocycles. The fourth-order valence-corrected chi connectivity index (χ4v) is 5.42. The van der Waals surface area contributed by atoms with E-state index in [1.807, 2.05) is 0 Å². The lowest BCUT2D eigenvalue weighted by molar-refractivity contribution is -0.925. The molecule has 1 N–H and O–H groups in total. The van der Waals surface area contributed by atoms with E-state index in [0.29, 0.717) is 25.1 Å². The van der Waals surface area contributed by atoms with Gasteiger partial charge in [0.15, 0.2) is 21.4 Å². The second-order valence-corrected chi connectivity index (χ2v) is 9.04. The van der Waals surface area contributed by atoms with E-state index in [9.17, 15) is 17.6 Å². The van der Waals surface area contributed by atoms with Crippen LogP contribution >= 0.6 is 0 Å². The number of hydrogen-bond donors (Lipinski definition) is 1. The quantitative estimate of drug-likeness (QED) is 0.729. The molecule has 6 nitrogen and oxygen atoms in total. The molecule has 0 spiro atoms. The number of piperazine rings is 1. The van der Waals surface area contributed by atoms with Gasteiger partial charge < -0.3 is 14.5 Å². The Balaban J connectivity index is 1.53. The molecule has 26 heavy (non-hydrogen) atoms. The lowest BCUT2D eigenvalue weighted by Crippen LogP contribution is -3.18. The summed E-state index contributed by atoms with van der Waals surface area (Å²) in [7, 11) is -1.47. The van der Waals surface area contributed by atoms with Crippen molar-refractivity contribution in [2.24, 2.45) is 0 Å². The lowest BCUT2D eigenvalue weighted by atomic mass is 10.1. The third kappa shape index (κ3) is 4.42. The van der Waals surface area contributed by atoms with E-state index >= 15 is 0 Å². The summed E-state index contributed by atoms with van der Waals surface area (Å²) in [6, 6.07) is 4.70. The monoisotopic (exact) mass is 383 g/mol. The van der Waals surface area contributed by atoms with Gasteiger partial charge in [-0.1, -0.05) is 6.07 Å². The van der Waals surface area contributed by atoms with Gasteiger partial charge in [0.2, 0.25) is 5.91 Å². The number of halogens is 1. The molecule has 1 amide bonds. The van der Waals surface area contributed by atoms with Gasteiger partial charge in [0.05, 0.1) is 39.0 Å². The van der Waals surface area contributed by atoms with Crippen LogP contribution < -0.4 is 9.64 Å². The Morgan fingerprint density at radius 3 is 2.65 bits per heavy atom. The maximum atomic E-state index is 13.7. The van der Waals surface area contributed by atoms with Crippen LogP contribution in [0.3, 0.4) is 0 Å². The lowest BCUT2D eigenvalue weighted by Gasteiger charge is -2.34. The number of nitrogens with one attached hydrogen (secondary N) is 1. The third-order valence-corrected chi connectivity index (χ3v) is 6.89. The number of hydrogen-bond acceptors (Lipinski definition) is 4. The number of methoxy groups -OCH3 is 1. The molecular formula is C18H24FN2O4S+. The summed E-state index contributed by atoms with van der Waals surface area (Å²) < 4.78 is 41.8. The maximum Gasteiger partial charge on any atom is 0.246 e. The van der Waals surface area contributed by atoms with Crippen molar-refractivity contribution in [2.75, 3.05) is 44.8 Å². The molecule has 2 fully saturated rings. The van der Waals surface area contributed by atoms with Gasteiger partial charge in [0, 0.05) is 12.5 Å². The highest BCUT2D eigenvalue weighted by molar-refractivity contribution is 7.91. The first-order valence-corrected chi connectivity index (χ1v) is 10.6. The normalized spacial score (nSPS) is 23.5. The fourth-order valence-electron chi connectivity index (χ4n) is 3.60. The van der Waals surface area contributed by atoms with Gasteiger partial charge >= 0.3 is 0 Å². The number of carbonyl (C=O) groups excluding carboxylic acids is 1. The fraction of sp³-hybridized carbons (Fsp3) is 0.500. The summed E-state index contributed by atoms with van der Waals surface area (Å²) in [5, 5.41) is 0. The average molecular weight is 383 g/mol. The van der Waals surface area contributed by atoms with Crippen LogP contribution in [0.4, 0.5) is 4.39 Å². The van der Waals surface area contributed by atoms with Crippen LogP contribution in [-0.2, 0) is 14.6 Å². The van der Waals surface area contributed by atoms with Crippen LogP contribution in [0.25, 0.3) is 6.08 Å². The Morgan fingerprint density at radius 1 is 1.35 bits per heavy atom. The SMILES string of the molecule is COc1ccc(/C=C/C(=O)N2CC[NH+]([C@H]3CCS(=O)(=O)C3)CC2)cc1F. The van der Waals surface area contributed by atoms with E-state index in [1.54, 1.807) is 17.0 Å². The van der Waals surface area contributed by atoms with E-state index in [1.165, 1.54) is 30.2 Å². The van der Waals surface area contributed by atoms with Crippen molar-refractivity contribution < 1.29 is 27.2 Å². The first-order valence-electron chi connectivity index (χ1n) is 8.73. The van der Waals surface area contributed by atoms with E-state index < -0.39 is 15.7 Å². The van der Waals surface area contributed by atoms with Gasteiger partial charge in [0.25, 0.3) is 0 Å². The number of nitrogens with zero attached hydrogens (tertiary/aromatic N) is 1. The number of ether oxygens (including phenoxy) is 1. The van der Waals surface area contributed by atoms with Crippen molar-refractivity contribution in [3.05, 3.63) is 35.7 Å². The maximum absolute atomic E-state index is 13.7. The van der Waals surface area contributed by atoms with Crippen LogP contribution in [0, 0.1) is 5.82 Å². The number of benzene rings is 1. The van der Waals surface area contributed by atoms with Crippen molar-refractivity contribution in [1.82, 2.24) is 4.90 Å². The van der Waals surface area contributed by atoms with Gasteiger partial charge in [-0.05, 0) is 23.8 Å². The van der Waals surface area contributed by atoms with Gasteiger partial charge in [-0.25, -0.2) is 12.8 Å². The topological polar surface area (TPSA) is 68.1 Å². The predicted octanol–water partition coefficient (Wildman–Crippen LogP) is -0.238. The molecule has 0 unspecified atom stereocenters. The minimum Gasteiger partial charge on any atom is -0.494 e. The molecule has 0 aliphatic carbocycles. The van der Waals surface area contributed by atoms with Crippen LogP contribution in [0.15, 0.2) is 24.3 Å². The zero-order valence-electron chi connectivity index (χ0n) is 14.8. The second-order valence-electron chi connectivity index (χ2n) is 6.81. The molecule has 0 radical (unpaired) electrons. The van der Waals surface area contributed by atoms with Crippen molar-refractivity contribution in [3.63, 3.8) is 0 Å². The minimum absolute atomic E-state index is 0.112. The Morgan fingerprint density at radius 2 is 2.08 bits per heavy atom. The predicted molar refractivity (Wildman–Crippen MR) is 96.3 cm³/mol. The second kappa shape index (κ2) is 7.75. The number of amides is 1. The smallest absolute Gasteiger partial charge is 0.246 e. The van der Waals surface area contributed by atoms with Crippen molar-refractivity contribution >= 4 is 21.8 Å². The van der Waals surface area contributed by atoms with Crippen molar-refractivity contribution in [3.8, 4) is 5.75 Å². The van der Waals surface area contributed by atoms with E-state index in [-0.39, 0.29) is 29.2 Å². The highest BCUT2D eigenvalue weighted by Crippen LogP contribution is 2.18. The average Bonchev–Trinajstić information content (AvgIpc) is 3.00. The van der Waals surface area contributed by atoms with Gasteiger partial charge in [0.1, 0.15) is 11.8 Å². The van der Waals surface area contributed by atoms with Crippen LogP contribution in [0.1, 0.15) is 12.0 Å². The molecule has 0 saturated carbocycles. The molecule has 8 heteroatoms. The van der Waals surface area contributed by atoms with E-state index in [2.05, 4.69) is 0 Å². The summed E-state index contributed by atoms with van der Waals surface area (Å²) >= 11 is 0. The molecule has 1 aromatic rings. The van der Waals surface area contributed by atoms with Crippen LogP contribution in [0.5, 0.6) is 5.75 Å². The Labute approximate surface area is 153 Å². The highest BCUT2D eigenvalue weighted by atomic mass is 32.2. The van der Waals surface area contributed by atoms with Crippen LogP contribution in [-0.4, -0.2) is 70.1 Å². The van der Waals surface area contributed by atoms with Gasteiger partial charge in [-0.15, -0.1) is 0 Å². The molecule has 2 heterocycles. The van der Waals surface area contributed by atoms with Crippen molar-refractivity contribution in [2.45, 2.75) is 12.5 Å². The molecule has 0 bridgehead atoms. The summed E-state index contributed by atoms with van der Waals surface area (Å²) in [5.41, 5.74) is 0.595. The van der Waals surface area contributed by atoms with E-state index in [0.717, 1.165) is 13.1 Å². The van der Waals surface area contributed by atoms with Gasteiger partial charge in [-0.2, -0.15) is 0 Å². The zero-order chi connectivity index (χ0) is 18.7. The summed E-state index contributed by atoms with van der Waals surface area (Å²) in [5.74, 6) is 0.135. The third-order valence-electron chi connectivity index (χ3n) is 5.12. The zero-order valence-corrected chi connectivity index (χ0v) is 15.6. The number of quaternary nitrogens is 1.